The number of nitrogens with one attached hydrogen (secondary N) is 1. The molecule has 12 nitrogen and oxygen atoms in total. The molecule has 0 bridgehead atoms. The van der Waals surface area contributed by atoms with Gasteiger partial charge in [-0.25, -0.2) is 9.67 Å². The SMILES string of the molecule is COc1ccc2c(Oc3ccc(NC(=O)c4c(C)n(C[C@H](C)OC(=O)C(C)N)n(-c5ccccc5)c4=O)nc3)ccnc2c1. The van der Waals surface area contributed by atoms with E-state index < -0.39 is 29.6 Å². The van der Waals surface area contributed by atoms with Gasteiger partial charge in [0.05, 0.1) is 36.7 Å². The van der Waals surface area contributed by atoms with Crippen LogP contribution in [0.15, 0.2) is 83.9 Å². The molecule has 0 radical (unpaired) electrons. The quantitative estimate of drug-likeness (QED) is 0.226. The maximum absolute atomic E-state index is 13.7. The number of carbonyl (C=O) groups excluding carboxylic acids is 2. The lowest BCUT2D eigenvalue weighted by Crippen LogP contribution is -2.34. The number of benzene rings is 2. The van der Waals surface area contributed by atoms with Crippen molar-refractivity contribution >= 4 is 28.6 Å². The predicted octanol–water partition coefficient (Wildman–Crippen LogP) is 4.22. The summed E-state index contributed by atoms with van der Waals surface area (Å²) < 4.78 is 19.7. The summed E-state index contributed by atoms with van der Waals surface area (Å²) in [5.74, 6) is 0.731. The molecule has 0 aliphatic carbocycles. The van der Waals surface area contributed by atoms with Gasteiger partial charge in [-0.2, -0.15) is 0 Å². The molecule has 0 saturated carbocycles. The first-order valence-electron chi connectivity index (χ1n) is 13.9. The molecule has 226 valence electrons. The van der Waals surface area contributed by atoms with Crippen LogP contribution in [0.25, 0.3) is 16.6 Å². The molecule has 0 saturated heterocycles. The third-order valence-electron chi connectivity index (χ3n) is 6.86. The Morgan fingerprint density at radius 3 is 2.43 bits per heavy atom. The predicted molar refractivity (Wildman–Crippen MR) is 165 cm³/mol. The molecule has 1 unspecified atom stereocenters. The van der Waals surface area contributed by atoms with E-state index in [1.807, 2.05) is 24.3 Å². The number of hydrogen-bond donors (Lipinski definition) is 2. The minimum atomic E-state index is -0.793. The Morgan fingerprint density at radius 2 is 1.75 bits per heavy atom. The van der Waals surface area contributed by atoms with E-state index in [1.54, 1.807) is 74.3 Å². The summed E-state index contributed by atoms with van der Waals surface area (Å²) in [6.45, 7) is 5.00. The van der Waals surface area contributed by atoms with E-state index in [9.17, 15) is 14.4 Å². The van der Waals surface area contributed by atoms with Gasteiger partial charge in [-0.3, -0.25) is 24.0 Å². The van der Waals surface area contributed by atoms with Crippen molar-refractivity contribution in [2.45, 2.75) is 39.5 Å². The number of amides is 1. The third-order valence-corrected chi connectivity index (χ3v) is 6.86. The van der Waals surface area contributed by atoms with Crippen molar-refractivity contribution in [3.05, 3.63) is 101 Å². The molecular formula is C32H32N6O6. The Balaban J connectivity index is 1.38. The van der Waals surface area contributed by atoms with Crippen molar-refractivity contribution < 1.29 is 23.8 Å². The van der Waals surface area contributed by atoms with Crippen LogP contribution in [-0.4, -0.2) is 50.5 Å². The minimum Gasteiger partial charge on any atom is -0.497 e. The standard InChI is InChI=1S/C32H32N6O6/c1-19(43-32(41)20(2)33)18-37-21(3)29(31(40)38(37)22-8-6-5-7-9-22)30(39)36-28-13-11-24(17-35-28)44-27-14-15-34-26-16-23(42-4)10-12-25(26)27/h5-17,19-20H,18,33H2,1-4H3,(H,35,36,39)/t19-,20?/m0/s1. The van der Waals surface area contributed by atoms with Crippen molar-refractivity contribution in [3.63, 3.8) is 0 Å². The highest BCUT2D eigenvalue weighted by atomic mass is 16.5. The number of nitrogens with two attached hydrogens (primary N) is 1. The lowest BCUT2D eigenvalue weighted by Gasteiger charge is -2.19. The molecule has 44 heavy (non-hydrogen) atoms. The molecular weight excluding hydrogens is 564 g/mol. The summed E-state index contributed by atoms with van der Waals surface area (Å²) >= 11 is 0. The number of methoxy groups -OCH3 is 1. The van der Waals surface area contributed by atoms with Crippen LogP contribution in [-0.2, 0) is 16.1 Å². The molecule has 0 fully saturated rings. The van der Waals surface area contributed by atoms with E-state index in [0.29, 0.717) is 34.1 Å². The van der Waals surface area contributed by atoms with Crippen LogP contribution in [0.2, 0.25) is 0 Å². The van der Waals surface area contributed by atoms with Gasteiger partial charge >= 0.3 is 5.97 Å². The zero-order chi connectivity index (χ0) is 31.4. The number of nitrogens with zero attached hydrogens (tertiary/aromatic N) is 4. The number of rotatable bonds is 10. The van der Waals surface area contributed by atoms with Crippen molar-refractivity contribution in [1.82, 2.24) is 19.3 Å². The molecule has 0 spiro atoms. The van der Waals surface area contributed by atoms with Crippen LogP contribution < -0.4 is 26.1 Å². The van der Waals surface area contributed by atoms with Gasteiger partial charge in [0.2, 0.25) is 0 Å². The maximum Gasteiger partial charge on any atom is 0.322 e. The molecule has 12 heteroatoms. The summed E-state index contributed by atoms with van der Waals surface area (Å²) in [6.07, 6.45) is 2.48. The Bertz CT molecular complexity index is 1860. The van der Waals surface area contributed by atoms with Crippen LogP contribution >= 0.6 is 0 Å². The second-order valence-electron chi connectivity index (χ2n) is 10.2. The smallest absolute Gasteiger partial charge is 0.322 e. The van der Waals surface area contributed by atoms with Crippen LogP contribution in [0.1, 0.15) is 29.9 Å². The van der Waals surface area contributed by atoms with Gasteiger partial charge in [0.1, 0.15) is 40.8 Å². The van der Waals surface area contributed by atoms with E-state index in [4.69, 9.17) is 19.9 Å². The maximum atomic E-state index is 13.7. The molecule has 3 N–H and O–H groups in total. The molecule has 5 aromatic rings. The summed E-state index contributed by atoms with van der Waals surface area (Å²) in [4.78, 5) is 47.9. The molecule has 3 heterocycles. The summed E-state index contributed by atoms with van der Waals surface area (Å²) in [5, 5.41) is 3.50. The lowest BCUT2D eigenvalue weighted by atomic mass is 10.2. The first kappa shape index (κ1) is 30.0. The topological polar surface area (TPSA) is 153 Å². The van der Waals surface area contributed by atoms with Crippen molar-refractivity contribution in [1.29, 1.82) is 0 Å². The zero-order valence-corrected chi connectivity index (χ0v) is 24.7. The zero-order valence-electron chi connectivity index (χ0n) is 24.7. The van der Waals surface area contributed by atoms with Gasteiger partial charge in [0.15, 0.2) is 0 Å². The number of aromatic nitrogens is 4. The summed E-state index contributed by atoms with van der Waals surface area (Å²) in [6, 6.07) is 18.6. The normalized spacial score (nSPS) is 12.4. The van der Waals surface area contributed by atoms with Crippen LogP contribution in [0.4, 0.5) is 5.82 Å². The number of para-hydroxylation sites is 1. The monoisotopic (exact) mass is 596 g/mol. The second kappa shape index (κ2) is 12.8. The third kappa shape index (κ3) is 6.30. The Morgan fingerprint density at radius 1 is 1.00 bits per heavy atom. The molecule has 1 amide bonds. The fourth-order valence-corrected chi connectivity index (χ4v) is 4.68. The second-order valence-corrected chi connectivity index (χ2v) is 10.2. The first-order chi connectivity index (χ1) is 21.2. The lowest BCUT2D eigenvalue weighted by molar-refractivity contribution is -0.150. The molecule has 0 aliphatic heterocycles. The largest absolute Gasteiger partial charge is 0.497 e. The number of esters is 1. The number of pyridine rings is 2. The number of fused-ring (bicyclic) bond motifs is 1. The van der Waals surface area contributed by atoms with Crippen LogP contribution in [0.5, 0.6) is 17.2 Å². The average Bonchev–Trinajstić information content (AvgIpc) is 3.26. The van der Waals surface area contributed by atoms with Gasteiger partial charge in [0.25, 0.3) is 11.5 Å². The number of anilines is 1. The van der Waals surface area contributed by atoms with Gasteiger partial charge in [-0.05, 0) is 63.2 Å². The molecule has 2 aromatic carbocycles. The van der Waals surface area contributed by atoms with Crippen LogP contribution in [0.3, 0.4) is 0 Å². The Hall–Kier alpha value is -5.49. The number of ether oxygens (including phenoxy) is 3. The van der Waals surface area contributed by atoms with Gasteiger partial charge in [-0.1, -0.05) is 18.2 Å². The molecule has 5 rings (SSSR count). The highest BCUT2D eigenvalue weighted by Gasteiger charge is 2.26. The van der Waals surface area contributed by atoms with E-state index in [1.165, 1.54) is 17.8 Å². The van der Waals surface area contributed by atoms with Crippen LogP contribution in [0, 0.1) is 6.92 Å². The average molecular weight is 597 g/mol. The fourth-order valence-electron chi connectivity index (χ4n) is 4.68. The number of carbonyl (C=O) groups is 2. The molecule has 0 aliphatic rings. The van der Waals surface area contributed by atoms with Gasteiger partial charge in [-0.15, -0.1) is 0 Å². The molecule has 2 atom stereocenters. The fraction of sp³-hybridized carbons (Fsp3) is 0.219. The van der Waals surface area contributed by atoms with Gasteiger partial charge < -0.3 is 25.3 Å². The van der Waals surface area contributed by atoms with E-state index in [2.05, 4.69) is 15.3 Å². The van der Waals surface area contributed by atoms with E-state index >= 15 is 0 Å². The van der Waals surface area contributed by atoms with Gasteiger partial charge in [0, 0.05) is 17.6 Å². The number of hydrogen-bond acceptors (Lipinski definition) is 9. The molecule has 3 aromatic heterocycles. The first-order valence-corrected chi connectivity index (χ1v) is 13.9. The summed E-state index contributed by atoms with van der Waals surface area (Å²) in [5.41, 5.74) is 6.69. The highest BCUT2D eigenvalue weighted by molar-refractivity contribution is 6.04. The van der Waals surface area contributed by atoms with Crippen molar-refractivity contribution in [3.8, 4) is 22.9 Å². The Labute approximate surface area is 253 Å². The highest BCUT2D eigenvalue weighted by Crippen LogP contribution is 2.30. The van der Waals surface area contributed by atoms with E-state index in [0.717, 1.165) is 5.39 Å². The Kier molecular flexibility index (Phi) is 8.72. The summed E-state index contributed by atoms with van der Waals surface area (Å²) in [7, 11) is 1.59. The van der Waals surface area contributed by atoms with Crippen molar-refractivity contribution in [2.75, 3.05) is 12.4 Å². The van der Waals surface area contributed by atoms with E-state index in [-0.39, 0.29) is 17.9 Å². The van der Waals surface area contributed by atoms with Crippen molar-refractivity contribution in [2.24, 2.45) is 5.73 Å². The minimum absolute atomic E-state index is 0.0691.